The van der Waals surface area contributed by atoms with Gasteiger partial charge in [-0.3, -0.25) is 0 Å². The van der Waals surface area contributed by atoms with E-state index in [1.807, 2.05) is 43.3 Å². The molecular weight excluding hydrogens is 350 g/mol. The Labute approximate surface area is 157 Å². The molecule has 2 aromatic carbocycles. The van der Waals surface area contributed by atoms with Gasteiger partial charge in [0.2, 0.25) is 17.5 Å². The van der Waals surface area contributed by atoms with E-state index in [0.717, 1.165) is 16.7 Å². The highest BCUT2D eigenvalue weighted by Crippen LogP contribution is 2.34. The molecule has 1 heterocycles. The van der Waals surface area contributed by atoms with Crippen LogP contribution in [0.15, 0.2) is 46.9 Å². The molecule has 0 bridgehead atoms. The lowest BCUT2D eigenvalue weighted by Crippen LogP contribution is -2.18. The number of halogens is 1. The number of benzene rings is 2. The van der Waals surface area contributed by atoms with E-state index in [2.05, 4.69) is 15.0 Å². The number of aliphatic hydroxyl groups is 1. The second-order valence-electron chi connectivity index (χ2n) is 6.16. The minimum atomic E-state index is -0.683. The fourth-order valence-corrected chi connectivity index (χ4v) is 3.03. The van der Waals surface area contributed by atoms with Crippen LogP contribution in [0.2, 0.25) is 5.02 Å². The van der Waals surface area contributed by atoms with Crippen LogP contribution in [0.4, 0.5) is 5.69 Å². The van der Waals surface area contributed by atoms with E-state index in [1.54, 1.807) is 13.0 Å². The zero-order valence-corrected chi connectivity index (χ0v) is 15.2. The van der Waals surface area contributed by atoms with Crippen LogP contribution >= 0.6 is 11.6 Å². The van der Waals surface area contributed by atoms with Crippen LogP contribution in [0.5, 0.6) is 0 Å². The smallest absolute Gasteiger partial charge is 0.247 e. The summed E-state index contributed by atoms with van der Waals surface area (Å²) in [5, 5.41) is 18.9. The number of aliphatic hydroxyl groups excluding tert-OH is 1. The van der Waals surface area contributed by atoms with Crippen LogP contribution in [-0.4, -0.2) is 21.4 Å². The van der Waals surface area contributed by atoms with Crippen molar-refractivity contribution in [2.75, 3.05) is 0 Å². The van der Waals surface area contributed by atoms with Gasteiger partial charge in [-0.15, -0.1) is 10.2 Å². The predicted molar refractivity (Wildman–Crippen MR) is 100 cm³/mol. The summed E-state index contributed by atoms with van der Waals surface area (Å²) in [6.07, 6.45) is -0.199. The molecule has 132 valence electrons. The largest absolute Gasteiger partial charge is 0.420 e. The molecule has 0 aliphatic heterocycles. The summed E-state index contributed by atoms with van der Waals surface area (Å²) in [5.41, 5.74) is 3.02. The van der Waals surface area contributed by atoms with Gasteiger partial charge in [-0.1, -0.05) is 41.9 Å². The quantitative estimate of drug-likeness (QED) is 0.647. The normalized spacial score (nSPS) is 13.2. The van der Waals surface area contributed by atoms with Crippen LogP contribution in [0.1, 0.15) is 29.9 Å². The predicted octanol–water partition coefficient (Wildman–Crippen LogP) is 4.96. The lowest BCUT2D eigenvalue weighted by atomic mass is 9.92. The molecule has 3 rings (SSSR count). The van der Waals surface area contributed by atoms with Crippen molar-refractivity contribution in [3.05, 3.63) is 75.9 Å². The van der Waals surface area contributed by atoms with Gasteiger partial charge in [0, 0.05) is 5.56 Å². The highest BCUT2D eigenvalue weighted by Gasteiger charge is 2.25. The molecule has 0 fully saturated rings. The van der Waals surface area contributed by atoms with Gasteiger partial charge in [0.05, 0.1) is 23.6 Å². The molecule has 26 heavy (non-hydrogen) atoms. The number of aromatic nitrogens is 2. The van der Waals surface area contributed by atoms with Crippen molar-refractivity contribution >= 4 is 17.3 Å². The average molecular weight is 368 g/mol. The first-order valence-electron chi connectivity index (χ1n) is 8.23. The van der Waals surface area contributed by atoms with Crippen molar-refractivity contribution in [3.8, 4) is 11.5 Å². The summed E-state index contributed by atoms with van der Waals surface area (Å²) in [7, 11) is 0. The Bertz CT molecular complexity index is 945. The Morgan fingerprint density at radius 2 is 1.92 bits per heavy atom. The van der Waals surface area contributed by atoms with E-state index in [-0.39, 0.29) is 5.92 Å². The zero-order chi connectivity index (χ0) is 18.7. The van der Waals surface area contributed by atoms with Crippen LogP contribution in [0, 0.1) is 13.5 Å². The van der Waals surface area contributed by atoms with Crippen LogP contribution < -0.4 is 0 Å². The standard InChI is InChI=1S/C20H18ClN3O2/c1-12-15(9-10-17(22-3)18(12)21)11-16(13(2)25)20-24-23-19(26-20)14-7-5-4-6-8-14/h4-10,13,16,25H,11H2,1-2H3/t13-,16+/m0/s1. The molecule has 6 heteroatoms. The monoisotopic (exact) mass is 367 g/mol. The third-order valence-corrected chi connectivity index (χ3v) is 4.88. The maximum absolute atomic E-state index is 10.3. The molecule has 1 N–H and O–H groups in total. The van der Waals surface area contributed by atoms with Crippen molar-refractivity contribution in [2.45, 2.75) is 32.3 Å². The molecule has 0 radical (unpaired) electrons. The summed E-state index contributed by atoms with van der Waals surface area (Å²) < 4.78 is 5.82. The number of nitrogens with zero attached hydrogens (tertiary/aromatic N) is 3. The van der Waals surface area contributed by atoms with Gasteiger partial charge >= 0.3 is 0 Å². The van der Waals surface area contributed by atoms with Gasteiger partial charge in [0.15, 0.2) is 0 Å². The van der Waals surface area contributed by atoms with E-state index < -0.39 is 6.10 Å². The highest BCUT2D eigenvalue weighted by molar-refractivity contribution is 6.34. The molecule has 1 aromatic heterocycles. The average Bonchev–Trinajstić information content (AvgIpc) is 3.13. The first-order chi connectivity index (χ1) is 12.5. The molecule has 5 nitrogen and oxygen atoms in total. The third-order valence-electron chi connectivity index (χ3n) is 4.40. The van der Waals surface area contributed by atoms with Gasteiger partial charge in [0.1, 0.15) is 0 Å². The van der Waals surface area contributed by atoms with Gasteiger partial charge in [-0.25, -0.2) is 4.85 Å². The molecule has 0 unspecified atom stereocenters. The lowest BCUT2D eigenvalue weighted by molar-refractivity contribution is 0.148. The Hall–Kier alpha value is -2.68. The first kappa shape index (κ1) is 18.1. The molecule has 0 amide bonds. The topological polar surface area (TPSA) is 63.5 Å². The van der Waals surface area contributed by atoms with Gasteiger partial charge < -0.3 is 9.52 Å². The van der Waals surface area contributed by atoms with E-state index in [9.17, 15) is 5.11 Å². The van der Waals surface area contributed by atoms with Crippen molar-refractivity contribution < 1.29 is 9.52 Å². The fraction of sp³-hybridized carbons (Fsp3) is 0.250. The van der Waals surface area contributed by atoms with E-state index in [4.69, 9.17) is 22.6 Å². The Morgan fingerprint density at radius 3 is 2.58 bits per heavy atom. The van der Waals surface area contributed by atoms with Crippen LogP contribution in [-0.2, 0) is 6.42 Å². The van der Waals surface area contributed by atoms with E-state index >= 15 is 0 Å². The maximum Gasteiger partial charge on any atom is 0.247 e. The second-order valence-corrected chi connectivity index (χ2v) is 6.54. The lowest BCUT2D eigenvalue weighted by Gasteiger charge is -2.18. The summed E-state index contributed by atoms with van der Waals surface area (Å²) >= 11 is 6.26. The maximum atomic E-state index is 10.3. The molecule has 0 aliphatic carbocycles. The summed E-state index contributed by atoms with van der Waals surface area (Å²) in [4.78, 5) is 3.41. The summed E-state index contributed by atoms with van der Waals surface area (Å²) in [6.45, 7) is 10.7. The fourth-order valence-electron chi connectivity index (χ4n) is 2.80. The highest BCUT2D eigenvalue weighted by atomic mass is 35.5. The van der Waals surface area contributed by atoms with E-state index in [1.165, 1.54) is 0 Å². The zero-order valence-electron chi connectivity index (χ0n) is 14.5. The van der Waals surface area contributed by atoms with Crippen molar-refractivity contribution in [2.24, 2.45) is 0 Å². The molecule has 0 saturated carbocycles. The molecule has 0 spiro atoms. The van der Waals surface area contributed by atoms with Gasteiger partial charge in [-0.2, -0.15) is 0 Å². The van der Waals surface area contributed by atoms with Gasteiger partial charge in [0.25, 0.3) is 0 Å². The Kier molecular flexibility index (Phi) is 5.36. The van der Waals surface area contributed by atoms with Gasteiger partial charge in [-0.05, 0) is 43.5 Å². The van der Waals surface area contributed by atoms with Crippen molar-refractivity contribution in [1.29, 1.82) is 0 Å². The van der Waals surface area contributed by atoms with Crippen LogP contribution in [0.3, 0.4) is 0 Å². The number of rotatable bonds is 5. The number of hydrogen-bond donors (Lipinski definition) is 1. The third kappa shape index (κ3) is 3.62. The minimum Gasteiger partial charge on any atom is -0.420 e. The van der Waals surface area contributed by atoms with Crippen LogP contribution in [0.25, 0.3) is 16.3 Å². The SMILES string of the molecule is [C-]#[N+]c1ccc(C[C@@H](c2nnc(-c3ccccc3)o2)[C@H](C)O)c(C)c1Cl. The second kappa shape index (κ2) is 7.69. The van der Waals surface area contributed by atoms with Crippen molar-refractivity contribution in [3.63, 3.8) is 0 Å². The molecule has 3 aromatic rings. The summed E-state index contributed by atoms with van der Waals surface area (Å²) in [6, 6.07) is 13.0. The molecular formula is C20H18ClN3O2. The summed E-state index contributed by atoms with van der Waals surface area (Å²) in [5.74, 6) is 0.432. The first-order valence-corrected chi connectivity index (χ1v) is 8.61. The van der Waals surface area contributed by atoms with Crippen molar-refractivity contribution in [1.82, 2.24) is 10.2 Å². The molecule has 0 aliphatic rings. The molecule has 2 atom stereocenters. The Morgan fingerprint density at radius 1 is 1.19 bits per heavy atom. The van der Waals surface area contributed by atoms with E-state index in [0.29, 0.717) is 28.9 Å². The number of hydrogen-bond acceptors (Lipinski definition) is 4. The minimum absolute atomic E-state index is 0.367. The Balaban J connectivity index is 1.91. The molecule has 0 saturated heterocycles.